The molecule has 6 heteroatoms. The van der Waals surface area contributed by atoms with Gasteiger partial charge in [-0.3, -0.25) is 4.79 Å². The summed E-state index contributed by atoms with van der Waals surface area (Å²) < 4.78 is 0. The van der Waals surface area contributed by atoms with Crippen molar-refractivity contribution in [2.45, 2.75) is 32.8 Å². The first-order valence-corrected chi connectivity index (χ1v) is 6.80. The molecule has 0 fully saturated rings. The van der Waals surface area contributed by atoms with Gasteiger partial charge in [0.05, 0.1) is 12.5 Å². The first-order chi connectivity index (χ1) is 8.62. The van der Waals surface area contributed by atoms with Gasteiger partial charge in [-0.05, 0) is 24.0 Å². The van der Waals surface area contributed by atoms with E-state index in [0.29, 0.717) is 10.6 Å². The minimum absolute atomic E-state index is 0.0487. The third kappa shape index (κ3) is 4.84. The van der Waals surface area contributed by atoms with Crippen LogP contribution in [0.1, 0.15) is 38.4 Å². The number of benzene rings is 1. The topological polar surface area (TPSA) is 57.5 Å². The van der Waals surface area contributed by atoms with E-state index in [0.717, 1.165) is 0 Å². The van der Waals surface area contributed by atoms with Crippen LogP contribution >= 0.6 is 34.8 Å². The molecule has 0 aliphatic rings. The SMILES string of the molecule is CC(C)(CC(=O)O)CC(O)c1c(Cl)cc(Cl)cc1Cl. The molecule has 0 amide bonds. The average Bonchev–Trinajstić information content (AvgIpc) is 2.10. The van der Waals surface area contributed by atoms with Crippen molar-refractivity contribution in [3.8, 4) is 0 Å². The van der Waals surface area contributed by atoms with E-state index in [2.05, 4.69) is 0 Å². The lowest BCUT2D eigenvalue weighted by atomic mass is 9.82. The number of carboxylic acid groups (broad SMARTS) is 1. The molecule has 106 valence electrons. The van der Waals surface area contributed by atoms with Gasteiger partial charge in [0.2, 0.25) is 0 Å². The number of hydrogen-bond acceptors (Lipinski definition) is 2. The van der Waals surface area contributed by atoms with Gasteiger partial charge in [-0.1, -0.05) is 48.7 Å². The Labute approximate surface area is 127 Å². The normalized spacial score (nSPS) is 13.4. The molecule has 0 radical (unpaired) electrons. The van der Waals surface area contributed by atoms with Crippen LogP contribution in [0.3, 0.4) is 0 Å². The summed E-state index contributed by atoms with van der Waals surface area (Å²) in [7, 11) is 0. The van der Waals surface area contributed by atoms with Gasteiger partial charge in [-0.15, -0.1) is 0 Å². The zero-order valence-electron chi connectivity index (χ0n) is 10.6. The lowest BCUT2D eigenvalue weighted by Gasteiger charge is -2.26. The van der Waals surface area contributed by atoms with Gasteiger partial charge >= 0.3 is 5.97 Å². The highest BCUT2D eigenvalue weighted by molar-refractivity contribution is 6.39. The minimum Gasteiger partial charge on any atom is -0.481 e. The first kappa shape index (κ1) is 16.6. The molecule has 1 aromatic carbocycles. The predicted octanol–water partition coefficient (Wildman–Crippen LogP) is 4.57. The van der Waals surface area contributed by atoms with Crippen molar-refractivity contribution in [2.75, 3.05) is 0 Å². The fraction of sp³-hybridized carbons (Fsp3) is 0.462. The van der Waals surface area contributed by atoms with Crippen LogP contribution in [0.5, 0.6) is 0 Å². The molecule has 1 aromatic rings. The largest absolute Gasteiger partial charge is 0.481 e. The second kappa shape index (κ2) is 6.31. The maximum absolute atomic E-state index is 10.8. The Balaban J connectivity index is 2.95. The van der Waals surface area contributed by atoms with Crippen molar-refractivity contribution >= 4 is 40.8 Å². The van der Waals surface area contributed by atoms with E-state index in [-0.39, 0.29) is 22.9 Å². The molecule has 0 saturated heterocycles. The van der Waals surface area contributed by atoms with E-state index >= 15 is 0 Å². The third-order valence-electron chi connectivity index (χ3n) is 2.75. The Kier molecular flexibility index (Phi) is 5.51. The van der Waals surface area contributed by atoms with Crippen LogP contribution in [0.25, 0.3) is 0 Å². The molecule has 0 aliphatic carbocycles. The summed E-state index contributed by atoms with van der Waals surface area (Å²) in [5.41, 5.74) is -0.191. The summed E-state index contributed by atoms with van der Waals surface area (Å²) in [5, 5.41) is 20.0. The van der Waals surface area contributed by atoms with Gasteiger partial charge in [0.25, 0.3) is 0 Å². The van der Waals surface area contributed by atoms with Gasteiger partial charge < -0.3 is 10.2 Å². The van der Waals surface area contributed by atoms with Crippen molar-refractivity contribution in [3.63, 3.8) is 0 Å². The number of carbonyl (C=O) groups is 1. The Morgan fingerprint density at radius 1 is 1.26 bits per heavy atom. The standard InChI is InChI=1S/C13H15Cl3O3/c1-13(2,6-11(18)19)5-10(17)12-8(15)3-7(14)4-9(12)16/h3-4,10,17H,5-6H2,1-2H3,(H,18,19). The van der Waals surface area contributed by atoms with E-state index in [9.17, 15) is 9.90 Å². The van der Waals surface area contributed by atoms with Crippen LogP contribution < -0.4 is 0 Å². The molecule has 1 rings (SSSR count). The molecule has 19 heavy (non-hydrogen) atoms. The summed E-state index contributed by atoms with van der Waals surface area (Å²) in [6.45, 7) is 3.53. The number of aliphatic hydroxyl groups is 1. The maximum atomic E-state index is 10.8. The molecule has 0 aromatic heterocycles. The number of aliphatic hydroxyl groups excluding tert-OH is 1. The summed E-state index contributed by atoms with van der Waals surface area (Å²) in [4.78, 5) is 10.8. The fourth-order valence-electron chi connectivity index (χ4n) is 1.98. The van der Waals surface area contributed by atoms with Crippen LogP contribution in [0.15, 0.2) is 12.1 Å². The van der Waals surface area contributed by atoms with E-state index in [1.54, 1.807) is 13.8 Å². The summed E-state index contributed by atoms with van der Waals surface area (Å²) in [6, 6.07) is 3.00. The van der Waals surface area contributed by atoms with Crippen molar-refractivity contribution in [3.05, 3.63) is 32.8 Å². The number of hydrogen-bond donors (Lipinski definition) is 2. The van der Waals surface area contributed by atoms with Crippen molar-refractivity contribution in [2.24, 2.45) is 5.41 Å². The first-order valence-electron chi connectivity index (χ1n) is 5.67. The second-order valence-electron chi connectivity index (χ2n) is 5.24. The van der Waals surface area contributed by atoms with Gasteiger partial charge in [0.1, 0.15) is 0 Å². The van der Waals surface area contributed by atoms with Crippen LogP contribution in [-0.2, 0) is 4.79 Å². The minimum atomic E-state index is -0.938. The highest BCUT2D eigenvalue weighted by Gasteiger charge is 2.28. The van der Waals surface area contributed by atoms with E-state index in [4.69, 9.17) is 39.9 Å². The molecule has 3 nitrogen and oxygen atoms in total. The number of rotatable bonds is 5. The fourth-order valence-corrected chi connectivity index (χ4v) is 3.05. The molecule has 0 bridgehead atoms. The zero-order valence-corrected chi connectivity index (χ0v) is 12.9. The van der Waals surface area contributed by atoms with E-state index in [1.165, 1.54) is 12.1 Å². The van der Waals surface area contributed by atoms with E-state index in [1.807, 2.05) is 0 Å². The average molecular weight is 326 g/mol. The molecule has 0 aliphatic heterocycles. The van der Waals surface area contributed by atoms with Crippen molar-refractivity contribution < 1.29 is 15.0 Å². The summed E-state index contributed by atoms with van der Waals surface area (Å²) >= 11 is 17.8. The molecule has 0 saturated carbocycles. The Morgan fingerprint density at radius 3 is 2.16 bits per heavy atom. The molecule has 2 N–H and O–H groups in total. The molecule has 0 spiro atoms. The molecule has 1 unspecified atom stereocenters. The molecular weight excluding hydrogens is 310 g/mol. The smallest absolute Gasteiger partial charge is 0.303 e. The second-order valence-corrected chi connectivity index (χ2v) is 6.49. The van der Waals surface area contributed by atoms with Gasteiger partial charge in [0, 0.05) is 20.6 Å². The van der Waals surface area contributed by atoms with Crippen LogP contribution in [0.2, 0.25) is 15.1 Å². The van der Waals surface area contributed by atoms with Crippen LogP contribution in [0.4, 0.5) is 0 Å². The zero-order chi connectivity index (χ0) is 14.8. The molecule has 1 atom stereocenters. The van der Waals surface area contributed by atoms with Gasteiger partial charge in [-0.25, -0.2) is 0 Å². The summed E-state index contributed by atoms with van der Waals surface area (Å²) in [6.07, 6.45) is -0.751. The quantitative estimate of drug-likeness (QED) is 0.833. The lowest BCUT2D eigenvalue weighted by molar-refractivity contribution is -0.139. The highest BCUT2D eigenvalue weighted by atomic mass is 35.5. The molecular formula is C13H15Cl3O3. The van der Waals surface area contributed by atoms with E-state index < -0.39 is 17.5 Å². The number of aliphatic carboxylic acids is 1. The monoisotopic (exact) mass is 324 g/mol. The van der Waals surface area contributed by atoms with Crippen LogP contribution in [-0.4, -0.2) is 16.2 Å². The Hall–Kier alpha value is -0.480. The molecule has 0 heterocycles. The van der Waals surface area contributed by atoms with Crippen LogP contribution in [0, 0.1) is 5.41 Å². The van der Waals surface area contributed by atoms with Crippen molar-refractivity contribution in [1.82, 2.24) is 0 Å². The maximum Gasteiger partial charge on any atom is 0.303 e. The van der Waals surface area contributed by atoms with Gasteiger partial charge in [-0.2, -0.15) is 0 Å². The lowest BCUT2D eigenvalue weighted by Crippen LogP contribution is -2.20. The Bertz CT molecular complexity index is 463. The summed E-state index contributed by atoms with van der Waals surface area (Å²) in [5.74, 6) is -0.912. The highest BCUT2D eigenvalue weighted by Crippen LogP contribution is 2.39. The number of carboxylic acids is 1. The van der Waals surface area contributed by atoms with Crippen molar-refractivity contribution in [1.29, 1.82) is 0 Å². The predicted molar refractivity (Wildman–Crippen MR) is 77.1 cm³/mol. The number of halogens is 3. The van der Waals surface area contributed by atoms with Gasteiger partial charge in [0.15, 0.2) is 0 Å². The third-order valence-corrected chi connectivity index (χ3v) is 3.60. The Morgan fingerprint density at radius 2 is 1.74 bits per heavy atom.